The SMILES string of the molecule is C#CCN(C)S(=O)(=O)c1cc(CNC2CC2)cc(C)c1C. The molecule has 1 N–H and O–H groups in total. The van der Waals surface area contributed by atoms with Crippen molar-refractivity contribution in [1.82, 2.24) is 9.62 Å². The molecular weight excluding hydrogens is 284 g/mol. The lowest BCUT2D eigenvalue weighted by Gasteiger charge is -2.18. The zero-order chi connectivity index (χ0) is 15.6. The summed E-state index contributed by atoms with van der Waals surface area (Å²) >= 11 is 0. The largest absolute Gasteiger partial charge is 0.310 e. The van der Waals surface area contributed by atoms with Crippen LogP contribution in [0, 0.1) is 26.2 Å². The van der Waals surface area contributed by atoms with Gasteiger partial charge in [0.2, 0.25) is 10.0 Å². The monoisotopic (exact) mass is 306 g/mol. The molecule has 0 heterocycles. The Hall–Kier alpha value is -1.35. The maximum Gasteiger partial charge on any atom is 0.243 e. The first-order chi connectivity index (χ1) is 9.86. The van der Waals surface area contributed by atoms with E-state index >= 15 is 0 Å². The summed E-state index contributed by atoms with van der Waals surface area (Å²) in [6.07, 6.45) is 7.64. The molecule has 1 saturated carbocycles. The summed E-state index contributed by atoms with van der Waals surface area (Å²) in [7, 11) is -2.02. The van der Waals surface area contributed by atoms with Gasteiger partial charge in [-0.3, -0.25) is 0 Å². The van der Waals surface area contributed by atoms with Gasteiger partial charge >= 0.3 is 0 Å². The van der Waals surface area contributed by atoms with Crippen LogP contribution in [0.15, 0.2) is 17.0 Å². The summed E-state index contributed by atoms with van der Waals surface area (Å²) in [5.41, 5.74) is 2.77. The van der Waals surface area contributed by atoms with Gasteiger partial charge < -0.3 is 5.32 Å². The third-order valence-electron chi connectivity index (χ3n) is 3.85. The Morgan fingerprint density at radius 1 is 1.38 bits per heavy atom. The maximum absolute atomic E-state index is 12.6. The van der Waals surface area contributed by atoms with Crippen molar-refractivity contribution in [2.24, 2.45) is 0 Å². The number of terminal acetylenes is 1. The molecule has 0 bridgehead atoms. The Labute approximate surface area is 127 Å². The lowest BCUT2D eigenvalue weighted by Crippen LogP contribution is -2.28. The van der Waals surface area contributed by atoms with Gasteiger partial charge in [-0.1, -0.05) is 12.0 Å². The van der Waals surface area contributed by atoms with Crippen molar-refractivity contribution < 1.29 is 8.42 Å². The second-order valence-electron chi connectivity index (χ2n) is 5.66. The van der Waals surface area contributed by atoms with E-state index in [1.165, 1.54) is 24.2 Å². The highest BCUT2D eigenvalue weighted by Gasteiger charge is 2.24. The smallest absolute Gasteiger partial charge is 0.243 e. The van der Waals surface area contributed by atoms with Crippen LogP contribution in [0.3, 0.4) is 0 Å². The summed E-state index contributed by atoms with van der Waals surface area (Å²) in [6, 6.07) is 4.40. The number of benzene rings is 1. The number of nitrogens with one attached hydrogen (secondary N) is 1. The van der Waals surface area contributed by atoms with Gasteiger partial charge in [0.25, 0.3) is 0 Å². The van der Waals surface area contributed by atoms with Crippen LogP contribution in [0.25, 0.3) is 0 Å². The summed E-state index contributed by atoms with van der Waals surface area (Å²) in [4.78, 5) is 0.354. The third-order valence-corrected chi connectivity index (χ3v) is 5.78. The molecule has 1 aromatic rings. The van der Waals surface area contributed by atoms with Gasteiger partial charge in [-0.25, -0.2) is 8.42 Å². The first-order valence-electron chi connectivity index (χ1n) is 7.09. The van der Waals surface area contributed by atoms with E-state index in [4.69, 9.17) is 6.42 Å². The van der Waals surface area contributed by atoms with E-state index in [2.05, 4.69) is 11.2 Å². The minimum atomic E-state index is -3.54. The normalized spacial score (nSPS) is 15.2. The zero-order valence-corrected chi connectivity index (χ0v) is 13.6. The fraction of sp³-hybridized carbons (Fsp3) is 0.500. The molecule has 2 rings (SSSR count). The van der Waals surface area contributed by atoms with Crippen LogP contribution in [0.5, 0.6) is 0 Å². The van der Waals surface area contributed by atoms with Crippen molar-refractivity contribution in [3.63, 3.8) is 0 Å². The van der Waals surface area contributed by atoms with Crippen LogP contribution in [0.2, 0.25) is 0 Å². The van der Waals surface area contributed by atoms with Crippen LogP contribution < -0.4 is 5.32 Å². The molecule has 1 aromatic carbocycles. The summed E-state index contributed by atoms with van der Waals surface area (Å²) in [5.74, 6) is 2.37. The predicted molar refractivity (Wildman–Crippen MR) is 84.4 cm³/mol. The molecule has 114 valence electrons. The van der Waals surface area contributed by atoms with Crippen LogP contribution in [0.4, 0.5) is 0 Å². The molecular formula is C16H22N2O2S. The summed E-state index contributed by atoms with van der Waals surface area (Å²) < 4.78 is 26.4. The van der Waals surface area contributed by atoms with Crippen LogP contribution in [0.1, 0.15) is 29.5 Å². The van der Waals surface area contributed by atoms with Crippen LogP contribution >= 0.6 is 0 Å². The minimum Gasteiger partial charge on any atom is -0.310 e. The quantitative estimate of drug-likeness (QED) is 0.816. The lowest BCUT2D eigenvalue weighted by molar-refractivity contribution is 0.502. The average molecular weight is 306 g/mol. The Morgan fingerprint density at radius 2 is 2.05 bits per heavy atom. The first kappa shape index (κ1) is 16.0. The highest BCUT2D eigenvalue weighted by atomic mass is 32.2. The Bertz CT molecular complexity index is 670. The van der Waals surface area contributed by atoms with Crippen LogP contribution in [-0.2, 0) is 16.6 Å². The summed E-state index contributed by atoms with van der Waals surface area (Å²) in [5, 5.41) is 3.41. The Morgan fingerprint density at radius 3 is 2.62 bits per heavy atom. The Balaban J connectivity index is 2.34. The number of rotatable bonds is 6. The number of aryl methyl sites for hydroxylation is 1. The molecule has 1 aliphatic carbocycles. The molecule has 1 aliphatic rings. The van der Waals surface area contributed by atoms with Gasteiger partial charge in [-0.15, -0.1) is 6.42 Å². The van der Waals surface area contributed by atoms with Crippen molar-refractivity contribution in [2.75, 3.05) is 13.6 Å². The number of hydrogen-bond acceptors (Lipinski definition) is 3. The molecule has 21 heavy (non-hydrogen) atoms. The van der Waals surface area contributed by atoms with Crippen LogP contribution in [-0.4, -0.2) is 32.4 Å². The lowest BCUT2D eigenvalue weighted by atomic mass is 10.1. The van der Waals surface area contributed by atoms with E-state index in [9.17, 15) is 8.42 Å². The molecule has 4 nitrogen and oxygen atoms in total. The van der Waals surface area contributed by atoms with Crippen molar-refractivity contribution in [1.29, 1.82) is 0 Å². The number of nitrogens with zero attached hydrogens (tertiary/aromatic N) is 1. The second-order valence-corrected chi connectivity index (χ2v) is 7.67. The van der Waals surface area contributed by atoms with E-state index in [1.807, 2.05) is 19.9 Å². The zero-order valence-electron chi connectivity index (χ0n) is 12.8. The molecule has 0 unspecified atom stereocenters. The van der Waals surface area contributed by atoms with Gasteiger partial charge in [-0.2, -0.15) is 4.31 Å². The van der Waals surface area contributed by atoms with Gasteiger partial charge in [-0.05, 0) is 49.4 Å². The minimum absolute atomic E-state index is 0.0748. The molecule has 5 heteroatoms. The highest BCUT2D eigenvalue weighted by molar-refractivity contribution is 7.89. The van der Waals surface area contributed by atoms with Gasteiger partial charge in [0.05, 0.1) is 11.4 Å². The molecule has 1 fully saturated rings. The van der Waals surface area contributed by atoms with E-state index in [-0.39, 0.29) is 6.54 Å². The van der Waals surface area contributed by atoms with E-state index in [0.717, 1.165) is 16.7 Å². The first-order valence-corrected chi connectivity index (χ1v) is 8.53. The molecule has 0 atom stereocenters. The predicted octanol–water partition coefficient (Wildman–Crippen LogP) is 1.81. The highest BCUT2D eigenvalue weighted by Crippen LogP contribution is 2.25. The molecule has 0 radical (unpaired) electrons. The third kappa shape index (κ3) is 3.65. The fourth-order valence-electron chi connectivity index (χ4n) is 2.20. The van der Waals surface area contributed by atoms with E-state index < -0.39 is 10.0 Å². The van der Waals surface area contributed by atoms with Crippen molar-refractivity contribution in [3.05, 3.63) is 28.8 Å². The standard InChI is InChI=1S/C16H22N2O2S/c1-5-8-18(4)21(19,20)16-10-14(9-12(2)13(16)3)11-17-15-6-7-15/h1,9-10,15,17H,6-8,11H2,2-4H3. The summed E-state index contributed by atoms with van der Waals surface area (Å²) in [6.45, 7) is 4.55. The molecule has 0 amide bonds. The van der Waals surface area contributed by atoms with Crippen molar-refractivity contribution >= 4 is 10.0 Å². The van der Waals surface area contributed by atoms with Gasteiger partial charge in [0.1, 0.15) is 0 Å². The molecule has 0 aliphatic heterocycles. The molecule has 0 saturated heterocycles. The molecule has 0 spiro atoms. The Kier molecular flexibility index (Phi) is 4.72. The van der Waals surface area contributed by atoms with Gasteiger partial charge in [0.15, 0.2) is 0 Å². The maximum atomic E-state index is 12.6. The van der Waals surface area contributed by atoms with Gasteiger partial charge in [0, 0.05) is 19.6 Å². The van der Waals surface area contributed by atoms with E-state index in [1.54, 1.807) is 6.07 Å². The fourth-order valence-corrected chi connectivity index (χ4v) is 3.63. The van der Waals surface area contributed by atoms with E-state index in [0.29, 0.717) is 17.5 Å². The number of sulfonamides is 1. The van der Waals surface area contributed by atoms with Crippen molar-refractivity contribution in [2.45, 2.75) is 44.2 Å². The molecule has 0 aromatic heterocycles. The van der Waals surface area contributed by atoms with Crippen molar-refractivity contribution in [3.8, 4) is 12.3 Å². The second kappa shape index (κ2) is 6.18. The topological polar surface area (TPSA) is 49.4 Å². The average Bonchev–Trinajstić information content (AvgIpc) is 3.24. The number of hydrogen-bond donors (Lipinski definition) is 1.